The Kier molecular flexibility index (Phi) is 1.60. The lowest BCUT2D eigenvalue weighted by Crippen LogP contribution is -2.00. The van der Waals surface area contributed by atoms with E-state index in [0.717, 1.165) is 0 Å². The molecule has 0 bridgehead atoms. The molecule has 0 amide bonds. The van der Waals surface area contributed by atoms with Gasteiger partial charge in [-0.05, 0) is 53.7 Å². The van der Waals surface area contributed by atoms with Crippen molar-refractivity contribution in [1.82, 2.24) is 0 Å². The van der Waals surface area contributed by atoms with Gasteiger partial charge in [-0.25, -0.2) is 0 Å². The van der Waals surface area contributed by atoms with Crippen LogP contribution in [0, 0.1) is 0 Å². The van der Waals surface area contributed by atoms with Gasteiger partial charge in [0, 0.05) is 0 Å². The third kappa shape index (κ3) is 1.00. The van der Waals surface area contributed by atoms with Gasteiger partial charge < -0.3 is 0 Å². The third-order valence-corrected chi connectivity index (χ3v) is 4.11. The van der Waals surface area contributed by atoms with Crippen LogP contribution in [-0.4, -0.2) is 0 Å². The number of benzene rings is 1. The Balaban J connectivity index is 2.15. The summed E-state index contributed by atoms with van der Waals surface area (Å²) < 4.78 is 0. The van der Waals surface area contributed by atoms with Crippen molar-refractivity contribution >= 4 is 0 Å². The summed E-state index contributed by atoms with van der Waals surface area (Å²) in [4.78, 5) is 0. The van der Waals surface area contributed by atoms with Crippen molar-refractivity contribution in [3.63, 3.8) is 0 Å². The first-order valence-corrected chi connectivity index (χ1v) is 5.85. The highest BCUT2D eigenvalue weighted by atomic mass is 14.5. The summed E-state index contributed by atoms with van der Waals surface area (Å²) in [6.07, 6.45) is 5.65. The number of rotatable bonds is 1. The zero-order valence-corrected chi connectivity index (χ0v) is 9.14. The van der Waals surface area contributed by atoms with Crippen LogP contribution >= 0.6 is 0 Å². The number of hydrogen-bond donors (Lipinski definition) is 0. The second kappa shape index (κ2) is 2.62. The normalized spacial score (nSPS) is 21.6. The highest BCUT2D eigenvalue weighted by Gasteiger charge is 2.48. The average molecular weight is 186 g/mol. The molecule has 74 valence electrons. The lowest BCUT2D eigenvalue weighted by atomic mass is 9.92. The maximum absolute atomic E-state index is 2.38. The Morgan fingerprint density at radius 1 is 1.14 bits per heavy atom. The van der Waals surface area contributed by atoms with E-state index in [4.69, 9.17) is 0 Å². The molecule has 0 atom stereocenters. The minimum atomic E-state index is 0.653. The van der Waals surface area contributed by atoms with E-state index >= 15 is 0 Å². The molecule has 0 radical (unpaired) electrons. The monoisotopic (exact) mass is 186 g/mol. The summed E-state index contributed by atoms with van der Waals surface area (Å²) in [5, 5.41) is 0. The molecular formula is C14H18. The first-order valence-electron chi connectivity index (χ1n) is 5.85. The lowest BCUT2D eigenvalue weighted by molar-refractivity contribution is 0.680. The fourth-order valence-electron chi connectivity index (χ4n) is 3.09. The lowest BCUT2D eigenvalue weighted by Gasteiger charge is -2.13. The van der Waals surface area contributed by atoms with Gasteiger partial charge in [0.25, 0.3) is 0 Å². The molecule has 1 fully saturated rings. The molecule has 2 aliphatic carbocycles. The van der Waals surface area contributed by atoms with Gasteiger partial charge in [0.15, 0.2) is 0 Å². The highest BCUT2D eigenvalue weighted by molar-refractivity contribution is 5.48. The minimum Gasteiger partial charge on any atom is -0.0617 e. The second-order valence-corrected chi connectivity index (χ2v) is 5.31. The molecule has 3 rings (SSSR count). The van der Waals surface area contributed by atoms with E-state index < -0.39 is 0 Å². The first-order chi connectivity index (χ1) is 6.73. The van der Waals surface area contributed by atoms with Crippen molar-refractivity contribution in [2.24, 2.45) is 0 Å². The maximum atomic E-state index is 2.38. The maximum Gasteiger partial charge on any atom is -0.00403 e. The molecule has 14 heavy (non-hydrogen) atoms. The van der Waals surface area contributed by atoms with Crippen molar-refractivity contribution < 1.29 is 0 Å². The largest absolute Gasteiger partial charge is 0.0617 e. The van der Waals surface area contributed by atoms with E-state index in [1.807, 2.05) is 0 Å². The number of hydrogen-bond acceptors (Lipinski definition) is 0. The Morgan fingerprint density at radius 3 is 2.57 bits per heavy atom. The van der Waals surface area contributed by atoms with Crippen molar-refractivity contribution in [2.75, 3.05) is 0 Å². The molecule has 0 heterocycles. The smallest absolute Gasteiger partial charge is 0.00403 e. The van der Waals surface area contributed by atoms with Crippen LogP contribution < -0.4 is 0 Å². The van der Waals surface area contributed by atoms with E-state index in [2.05, 4.69) is 32.0 Å². The van der Waals surface area contributed by atoms with E-state index in [9.17, 15) is 0 Å². The summed E-state index contributed by atoms with van der Waals surface area (Å²) in [6.45, 7) is 4.63. The summed E-state index contributed by atoms with van der Waals surface area (Å²) in [5.41, 5.74) is 5.65. The SMILES string of the molecule is CC(C)c1cccc2c1CCC21CC1. The van der Waals surface area contributed by atoms with Gasteiger partial charge in [-0.1, -0.05) is 32.0 Å². The van der Waals surface area contributed by atoms with Crippen molar-refractivity contribution in [3.8, 4) is 0 Å². The summed E-state index contributed by atoms with van der Waals surface area (Å²) in [6, 6.07) is 6.96. The van der Waals surface area contributed by atoms with Crippen LogP contribution in [0.15, 0.2) is 18.2 Å². The fraction of sp³-hybridized carbons (Fsp3) is 0.571. The molecule has 0 aliphatic heterocycles. The van der Waals surface area contributed by atoms with Crippen LogP contribution in [0.25, 0.3) is 0 Å². The van der Waals surface area contributed by atoms with Crippen LogP contribution in [-0.2, 0) is 11.8 Å². The van der Waals surface area contributed by atoms with Crippen molar-refractivity contribution in [2.45, 2.75) is 50.9 Å². The van der Waals surface area contributed by atoms with Crippen LogP contribution in [0.2, 0.25) is 0 Å². The molecule has 2 aliphatic rings. The molecule has 1 aromatic carbocycles. The highest BCUT2D eigenvalue weighted by Crippen LogP contribution is 2.57. The van der Waals surface area contributed by atoms with Gasteiger partial charge in [0.05, 0.1) is 0 Å². The zero-order valence-electron chi connectivity index (χ0n) is 9.14. The van der Waals surface area contributed by atoms with Gasteiger partial charge in [-0.15, -0.1) is 0 Å². The molecule has 0 unspecified atom stereocenters. The van der Waals surface area contributed by atoms with E-state index in [0.29, 0.717) is 11.3 Å². The van der Waals surface area contributed by atoms with Crippen LogP contribution in [0.3, 0.4) is 0 Å². The summed E-state index contributed by atoms with van der Waals surface area (Å²) >= 11 is 0. The molecular weight excluding hydrogens is 168 g/mol. The zero-order chi connectivity index (χ0) is 9.76. The Morgan fingerprint density at radius 2 is 1.93 bits per heavy atom. The predicted molar refractivity (Wildman–Crippen MR) is 59.8 cm³/mol. The summed E-state index contributed by atoms with van der Waals surface area (Å²) in [5.74, 6) is 0.693. The Labute approximate surface area is 86.3 Å². The first kappa shape index (κ1) is 8.52. The van der Waals surface area contributed by atoms with Gasteiger partial charge in [-0.3, -0.25) is 0 Å². The molecule has 0 nitrogen and oxygen atoms in total. The number of fused-ring (bicyclic) bond motifs is 2. The second-order valence-electron chi connectivity index (χ2n) is 5.31. The van der Waals surface area contributed by atoms with Crippen LogP contribution in [0.1, 0.15) is 55.7 Å². The van der Waals surface area contributed by atoms with Gasteiger partial charge in [0.1, 0.15) is 0 Å². The molecule has 0 N–H and O–H groups in total. The molecule has 0 heteroatoms. The molecule has 1 saturated carbocycles. The van der Waals surface area contributed by atoms with Crippen LogP contribution in [0.5, 0.6) is 0 Å². The molecule has 1 aromatic rings. The fourth-order valence-corrected chi connectivity index (χ4v) is 3.09. The van der Waals surface area contributed by atoms with E-state index in [1.54, 1.807) is 16.7 Å². The molecule has 1 spiro atoms. The molecule has 0 saturated heterocycles. The van der Waals surface area contributed by atoms with Crippen LogP contribution in [0.4, 0.5) is 0 Å². The summed E-state index contributed by atoms with van der Waals surface area (Å²) in [7, 11) is 0. The average Bonchev–Trinajstić information content (AvgIpc) is 2.85. The predicted octanol–water partition coefficient (Wildman–Crippen LogP) is 3.79. The van der Waals surface area contributed by atoms with Gasteiger partial charge in [0.2, 0.25) is 0 Å². The van der Waals surface area contributed by atoms with E-state index in [1.165, 1.54) is 25.7 Å². The Bertz CT molecular complexity index is 370. The van der Waals surface area contributed by atoms with Gasteiger partial charge in [-0.2, -0.15) is 0 Å². The third-order valence-electron chi connectivity index (χ3n) is 4.11. The van der Waals surface area contributed by atoms with Gasteiger partial charge >= 0.3 is 0 Å². The molecule has 0 aromatic heterocycles. The topological polar surface area (TPSA) is 0 Å². The Hall–Kier alpha value is -0.780. The minimum absolute atomic E-state index is 0.653. The van der Waals surface area contributed by atoms with Crippen molar-refractivity contribution in [3.05, 3.63) is 34.9 Å². The van der Waals surface area contributed by atoms with Crippen molar-refractivity contribution in [1.29, 1.82) is 0 Å². The van der Waals surface area contributed by atoms with E-state index in [-0.39, 0.29) is 0 Å². The quantitative estimate of drug-likeness (QED) is 0.626. The standard InChI is InChI=1S/C14H18/c1-10(2)11-4-3-5-13-12(11)6-7-14(13)8-9-14/h3-5,10H,6-9H2,1-2H3.